The smallest absolute Gasteiger partial charge is 0.269 e. The summed E-state index contributed by atoms with van der Waals surface area (Å²) in [6.45, 7) is 9.89. The second kappa shape index (κ2) is 12.9. The number of rotatable bonds is 7. The van der Waals surface area contributed by atoms with Crippen LogP contribution in [0.1, 0.15) is 66.7 Å². The number of halogens is 1. The van der Waals surface area contributed by atoms with Crippen LogP contribution in [0.25, 0.3) is 0 Å². The lowest BCUT2D eigenvalue weighted by molar-refractivity contribution is 0.0658. The number of nitrogens with zero attached hydrogens (tertiary/aromatic N) is 6. The minimum absolute atomic E-state index is 0.0988. The van der Waals surface area contributed by atoms with Gasteiger partial charge in [0.05, 0.1) is 10.5 Å². The van der Waals surface area contributed by atoms with Gasteiger partial charge in [-0.05, 0) is 86.4 Å². The van der Waals surface area contributed by atoms with Crippen molar-refractivity contribution in [3.8, 4) is 0 Å². The summed E-state index contributed by atoms with van der Waals surface area (Å²) in [5, 5.41) is 1.97. The summed E-state index contributed by atoms with van der Waals surface area (Å²) in [5.74, 6) is 1.32. The number of hydrogen-bond acceptors (Lipinski definition) is 7. The van der Waals surface area contributed by atoms with Crippen LogP contribution in [0, 0.1) is 6.92 Å². The maximum atomic E-state index is 13.3. The topological polar surface area (TPSA) is 67.8 Å². The molecule has 0 radical (unpaired) electrons. The van der Waals surface area contributed by atoms with Crippen molar-refractivity contribution >= 4 is 27.7 Å². The normalized spacial score (nSPS) is 20.9. The Morgan fingerprint density at radius 3 is 2.37 bits per heavy atom. The standard InChI is InChI=1S/C29H42BrN7O/c1-22-31-20-27(30)28(32-22)37(26-6-4-3-5-7-26)33-29(38)24-10-8-23(9-11-24)21-35-14-12-25(13-15-35)36-18-16-34(2)17-19-36/h8-11,20,25-26H,3-7,12-19,21H2,1-2H3,(H,33,38). The van der Waals surface area contributed by atoms with Crippen molar-refractivity contribution in [3.63, 3.8) is 0 Å². The molecule has 0 bridgehead atoms. The Labute approximate surface area is 235 Å². The van der Waals surface area contributed by atoms with Crippen molar-refractivity contribution in [1.29, 1.82) is 0 Å². The molecule has 2 saturated heterocycles. The van der Waals surface area contributed by atoms with E-state index in [1.54, 1.807) is 6.20 Å². The van der Waals surface area contributed by atoms with Crippen molar-refractivity contribution in [2.75, 3.05) is 51.3 Å². The van der Waals surface area contributed by atoms with Crippen LogP contribution in [0.15, 0.2) is 34.9 Å². The number of piperazine rings is 1. The summed E-state index contributed by atoms with van der Waals surface area (Å²) in [7, 11) is 2.22. The second-order valence-corrected chi connectivity index (χ2v) is 12.1. The number of carbonyl (C=O) groups excluding carboxylic acids is 1. The van der Waals surface area contributed by atoms with Crippen LogP contribution in [0.4, 0.5) is 5.82 Å². The molecule has 0 unspecified atom stereocenters. The van der Waals surface area contributed by atoms with Gasteiger partial charge in [0.2, 0.25) is 0 Å². The number of likely N-dealkylation sites (N-methyl/N-ethyl adjacent to an activating group) is 1. The highest BCUT2D eigenvalue weighted by atomic mass is 79.9. The Morgan fingerprint density at radius 2 is 1.68 bits per heavy atom. The summed E-state index contributed by atoms with van der Waals surface area (Å²) in [5.41, 5.74) is 5.12. The van der Waals surface area contributed by atoms with Crippen LogP contribution in [-0.2, 0) is 6.54 Å². The van der Waals surface area contributed by atoms with Gasteiger partial charge in [0.25, 0.3) is 5.91 Å². The number of piperidine rings is 1. The molecule has 1 saturated carbocycles. The van der Waals surface area contributed by atoms with E-state index >= 15 is 0 Å². The van der Waals surface area contributed by atoms with E-state index in [1.807, 2.05) is 24.1 Å². The van der Waals surface area contributed by atoms with Gasteiger partial charge in [0.15, 0.2) is 5.82 Å². The van der Waals surface area contributed by atoms with E-state index in [1.165, 1.54) is 63.8 Å². The summed E-state index contributed by atoms with van der Waals surface area (Å²) in [4.78, 5) is 30.0. The van der Waals surface area contributed by atoms with Gasteiger partial charge in [-0.15, -0.1) is 0 Å². The number of hydrogen-bond donors (Lipinski definition) is 1. The van der Waals surface area contributed by atoms with Gasteiger partial charge >= 0.3 is 0 Å². The molecule has 2 aliphatic heterocycles. The molecule has 5 rings (SSSR count). The fourth-order valence-electron chi connectivity index (χ4n) is 6.09. The van der Waals surface area contributed by atoms with Crippen LogP contribution < -0.4 is 10.4 Å². The van der Waals surface area contributed by atoms with E-state index in [4.69, 9.17) is 0 Å². The number of amides is 1. The third kappa shape index (κ3) is 6.92. The molecule has 0 atom stereocenters. The molecule has 1 aromatic carbocycles. The molecular formula is C29H42BrN7O. The largest absolute Gasteiger partial charge is 0.304 e. The highest BCUT2D eigenvalue weighted by Crippen LogP contribution is 2.29. The minimum Gasteiger partial charge on any atom is -0.304 e. The Hall–Kier alpha value is -2.07. The van der Waals surface area contributed by atoms with Gasteiger partial charge in [0, 0.05) is 50.5 Å². The van der Waals surface area contributed by atoms with Crippen LogP contribution >= 0.6 is 15.9 Å². The van der Waals surface area contributed by atoms with Gasteiger partial charge in [-0.2, -0.15) is 0 Å². The second-order valence-electron chi connectivity index (χ2n) is 11.2. The molecule has 3 heterocycles. The summed E-state index contributed by atoms with van der Waals surface area (Å²) in [6, 6.07) is 9.10. The van der Waals surface area contributed by atoms with E-state index in [0.717, 1.165) is 48.8 Å². The highest BCUT2D eigenvalue weighted by molar-refractivity contribution is 9.10. The van der Waals surface area contributed by atoms with E-state index < -0.39 is 0 Å². The first kappa shape index (κ1) is 27.5. The first-order valence-corrected chi connectivity index (χ1v) is 15.1. The lowest BCUT2D eigenvalue weighted by Gasteiger charge is -2.42. The molecule has 2 aromatic rings. The van der Waals surface area contributed by atoms with Gasteiger partial charge < -0.3 is 4.90 Å². The molecule has 1 aromatic heterocycles. The monoisotopic (exact) mass is 583 g/mol. The Kier molecular flexibility index (Phi) is 9.30. The van der Waals surface area contributed by atoms with Crippen LogP contribution in [0.5, 0.6) is 0 Å². The first-order chi connectivity index (χ1) is 18.5. The molecule has 3 aliphatic rings. The van der Waals surface area contributed by atoms with Gasteiger partial charge in [0.1, 0.15) is 5.82 Å². The number of aryl methyl sites for hydroxylation is 1. The molecule has 8 nitrogen and oxygen atoms in total. The SMILES string of the molecule is Cc1ncc(Br)c(N(NC(=O)c2ccc(CN3CCC(N4CCN(C)CC4)CC3)cc2)C2CCCCC2)n1. The molecular weight excluding hydrogens is 542 g/mol. The van der Waals surface area contributed by atoms with Crippen molar-refractivity contribution in [2.24, 2.45) is 0 Å². The number of likely N-dealkylation sites (tertiary alicyclic amines) is 1. The number of hydrazine groups is 1. The number of carbonyl (C=O) groups is 1. The third-order valence-electron chi connectivity index (χ3n) is 8.47. The maximum Gasteiger partial charge on any atom is 0.269 e. The summed E-state index contributed by atoms with van der Waals surface area (Å²) in [6.07, 6.45) is 9.93. The van der Waals surface area contributed by atoms with Gasteiger partial charge in [-0.1, -0.05) is 31.4 Å². The Balaban J connectivity index is 1.17. The maximum absolute atomic E-state index is 13.3. The zero-order valence-corrected chi connectivity index (χ0v) is 24.5. The summed E-state index contributed by atoms with van der Waals surface area (Å²) < 4.78 is 0.792. The number of nitrogens with one attached hydrogen (secondary N) is 1. The number of aromatic nitrogens is 2. The van der Waals surface area contributed by atoms with Crippen molar-refractivity contribution in [2.45, 2.75) is 70.5 Å². The molecule has 1 amide bonds. The number of benzene rings is 1. The van der Waals surface area contributed by atoms with E-state index in [0.29, 0.717) is 11.4 Å². The molecule has 1 aliphatic carbocycles. The van der Waals surface area contributed by atoms with E-state index in [2.05, 4.69) is 65.2 Å². The fourth-order valence-corrected chi connectivity index (χ4v) is 6.47. The first-order valence-electron chi connectivity index (χ1n) is 14.3. The zero-order valence-electron chi connectivity index (χ0n) is 22.9. The van der Waals surface area contributed by atoms with Crippen molar-refractivity contribution in [1.82, 2.24) is 30.1 Å². The predicted molar refractivity (Wildman–Crippen MR) is 155 cm³/mol. The number of anilines is 1. The highest BCUT2D eigenvalue weighted by Gasteiger charge is 2.28. The lowest BCUT2D eigenvalue weighted by Crippen LogP contribution is -2.52. The zero-order chi connectivity index (χ0) is 26.5. The van der Waals surface area contributed by atoms with Crippen LogP contribution in [0.3, 0.4) is 0 Å². The average molecular weight is 585 g/mol. The Bertz CT molecular complexity index is 1060. The lowest BCUT2D eigenvalue weighted by atomic mass is 9.95. The predicted octanol–water partition coefficient (Wildman–Crippen LogP) is 4.24. The van der Waals surface area contributed by atoms with Crippen LogP contribution in [0.2, 0.25) is 0 Å². The van der Waals surface area contributed by atoms with Crippen molar-refractivity contribution < 1.29 is 4.79 Å². The molecule has 0 spiro atoms. The molecule has 3 fully saturated rings. The third-order valence-corrected chi connectivity index (χ3v) is 9.03. The Morgan fingerprint density at radius 1 is 1.00 bits per heavy atom. The average Bonchev–Trinajstić information content (AvgIpc) is 2.95. The van der Waals surface area contributed by atoms with E-state index in [9.17, 15) is 4.79 Å². The quantitative estimate of drug-likeness (QED) is 0.489. The fraction of sp³-hybridized carbons (Fsp3) is 0.621. The molecule has 1 N–H and O–H groups in total. The summed E-state index contributed by atoms with van der Waals surface area (Å²) >= 11 is 3.60. The minimum atomic E-state index is -0.0988. The van der Waals surface area contributed by atoms with Gasteiger partial charge in [-0.3, -0.25) is 25.0 Å². The van der Waals surface area contributed by atoms with Crippen LogP contribution in [-0.4, -0.2) is 89.0 Å². The van der Waals surface area contributed by atoms with Crippen molar-refractivity contribution in [3.05, 3.63) is 51.9 Å². The molecule has 206 valence electrons. The van der Waals surface area contributed by atoms with E-state index in [-0.39, 0.29) is 11.9 Å². The van der Waals surface area contributed by atoms with Gasteiger partial charge in [-0.25, -0.2) is 9.97 Å². The molecule has 38 heavy (non-hydrogen) atoms. The molecule has 9 heteroatoms.